The van der Waals surface area contributed by atoms with Crippen molar-refractivity contribution >= 4 is 51.9 Å². The van der Waals surface area contributed by atoms with Crippen LogP contribution in [0.4, 0.5) is 0 Å². The molecule has 4 aromatic rings. The van der Waals surface area contributed by atoms with E-state index in [2.05, 4.69) is 10.9 Å². The molecule has 0 aliphatic heterocycles. The van der Waals surface area contributed by atoms with E-state index < -0.39 is 24.4 Å². The van der Waals surface area contributed by atoms with Gasteiger partial charge in [0.15, 0.2) is 6.61 Å². The molecule has 0 radical (unpaired) electrons. The van der Waals surface area contributed by atoms with Crippen molar-refractivity contribution in [3.8, 4) is 5.75 Å². The Morgan fingerprint density at radius 3 is 2.48 bits per heavy atom. The highest BCUT2D eigenvalue weighted by molar-refractivity contribution is 6.32. The second kappa shape index (κ2) is 12.0. The van der Waals surface area contributed by atoms with Gasteiger partial charge in [0.2, 0.25) is 0 Å². The summed E-state index contributed by atoms with van der Waals surface area (Å²) in [5.41, 5.74) is 9.32. The zero-order valence-electron chi connectivity index (χ0n) is 21.7. The summed E-state index contributed by atoms with van der Waals surface area (Å²) in [7, 11) is 1.53. The van der Waals surface area contributed by atoms with E-state index in [-0.39, 0.29) is 0 Å². The Kier molecular flexibility index (Phi) is 8.07. The van der Waals surface area contributed by atoms with E-state index in [1.54, 1.807) is 24.3 Å². The summed E-state index contributed by atoms with van der Waals surface area (Å²) in [4.78, 5) is 43.0. The van der Waals surface area contributed by atoms with E-state index >= 15 is 0 Å². The first-order valence-corrected chi connectivity index (χ1v) is 13.1. The maximum atomic E-state index is 13.4. The van der Waals surface area contributed by atoms with Gasteiger partial charge in [-0.3, -0.25) is 20.4 Å². The van der Waals surface area contributed by atoms with Crippen LogP contribution in [0.2, 0.25) is 5.02 Å². The first-order chi connectivity index (χ1) is 19.4. The van der Waals surface area contributed by atoms with Gasteiger partial charge < -0.3 is 9.47 Å². The Morgan fingerprint density at radius 1 is 0.950 bits per heavy atom. The van der Waals surface area contributed by atoms with Crippen LogP contribution < -0.4 is 15.6 Å². The number of fused-ring (bicyclic) bond motifs is 2. The van der Waals surface area contributed by atoms with Crippen molar-refractivity contribution < 1.29 is 23.9 Å². The number of nitrogens with one attached hydrogen (secondary N) is 2. The Balaban J connectivity index is 1.34. The first kappa shape index (κ1) is 26.9. The summed E-state index contributed by atoms with van der Waals surface area (Å²) >= 11 is 6.40. The lowest BCUT2D eigenvalue weighted by molar-refractivity contribution is -0.125. The monoisotopic (exact) mass is 555 g/mol. The van der Waals surface area contributed by atoms with Gasteiger partial charge >= 0.3 is 5.97 Å². The molecule has 1 heterocycles. The number of benzene rings is 3. The Labute approximate surface area is 235 Å². The van der Waals surface area contributed by atoms with Crippen LogP contribution in [-0.2, 0) is 16.0 Å². The van der Waals surface area contributed by atoms with Crippen LogP contribution >= 0.6 is 11.6 Å². The number of hydrogen-bond donors (Lipinski definition) is 2. The second-order valence-corrected chi connectivity index (χ2v) is 9.59. The molecule has 0 fully saturated rings. The third-order valence-electron chi connectivity index (χ3n) is 6.61. The van der Waals surface area contributed by atoms with Gasteiger partial charge in [0.25, 0.3) is 11.8 Å². The molecule has 1 aliphatic rings. The summed E-state index contributed by atoms with van der Waals surface area (Å²) in [5.74, 6) is -1.23. The van der Waals surface area contributed by atoms with Gasteiger partial charge in [-0.1, -0.05) is 48.0 Å². The number of carbonyl (C=O) groups excluding carboxylic acids is 3. The highest BCUT2D eigenvalue weighted by Crippen LogP contribution is 2.37. The van der Waals surface area contributed by atoms with Gasteiger partial charge in [0.1, 0.15) is 5.75 Å². The molecule has 0 unspecified atom stereocenters. The number of methoxy groups -OCH3 is 1. The fourth-order valence-corrected chi connectivity index (χ4v) is 4.86. The molecule has 3 aromatic carbocycles. The number of hydrazine groups is 1. The van der Waals surface area contributed by atoms with E-state index in [4.69, 9.17) is 26.1 Å². The normalized spacial score (nSPS) is 13.4. The Hall–Kier alpha value is -4.69. The molecule has 8 nitrogen and oxygen atoms in total. The van der Waals surface area contributed by atoms with Crippen LogP contribution in [0.1, 0.15) is 50.4 Å². The summed E-state index contributed by atoms with van der Waals surface area (Å²) in [5, 5.41) is 1.28. The molecule has 2 N–H and O–H groups in total. The van der Waals surface area contributed by atoms with Crippen LogP contribution in [0.15, 0.2) is 72.8 Å². The van der Waals surface area contributed by atoms with Gasteiger partial charge in [-0.25, -0.2) is 9.78 Å². The molecule has 9 heteroatoms. The third-order valence-corrected chi connectivity index (χ3v) is 6.96. The number of amides is 2. The lowest BCUT2D eigenvalue weighted by Crippen LogP contribution is -2.43. The average molecular weight is 556 g/mol. The van der Waals surface area contributed by atoms with Crippen LogP contribution in [0.3, 0.4) is 0 Å². The molecule has 0 saturated carbocycles. The first-order valence-electron chi connectivity index (χ1n) is 12.7. The van der Waals surface area contributed by atoms with E-state index in [1.807, 2.05) is 54.6 Å². The van der Waals surface area contributed by atoms with Crippen molar-refractivity contribution in [1.82, 2.24) is 15.8 Å². The van der Waals surface area contributed by atoms with E-state index in [0.717, 1.165) is 35.2 Å². The molecular weight excluding hydrogens is 530 g/mol. The van der Waals surface area contributed by atoms with E-state index in [9.17, 15) is 14.4 Å². The summed E-state index contributed by atoms with van der Waals surface area (Å²) in [6, 6.07) is 21.3. The lowest BCUT2D eigenvalue weighted by Gasteiger charge is -2.22. The standard InChI is InChI=1S/C31H26ClN3O5/c1-39-22-15-13-19(14-16-22)30(37)35-34-27(36)18-40-31(38)28-23-9-3-5-12-26(23)33-29-21(8-6-10-24(28)29)17-20-7-2-4-11-25(20)32/h2-5,7,9,11-17H,6,8,10,18H2,1H3,(H,34,36)(H,35,37). The van der Waals surface area contributed by atoms with Gasteiger partial charge in [-0.2, -0.15) is 0 Å². The zero-order chi connectivity index (χ0) is 28.1. The fourth-order valence-electron chi connectivity index (χ4n) is 4.67. The zero-order valence-corrected chi connectivity index (χ0v) is 22.5. The van der Waals surface area contributed by atoms with Gasteiger partial charge in [-0.15, -0.1) is 0 Å². The molecule has 1 aliphatic carbocycles. The number of pyridine rings is 1. The fraction of sp³-hybridized carbons (Fsp3) is 0.161. The molecular formula is C31H26ClN3O5. The van der Waals surface area contributed by atoms with Crippen molar-refractivity contribution in [3.05, 3.63) is 106 Å². The molecule has 202 valence electrons. The molecule has 40 heavy (non-hydrogen) atoms. The number of allylic oxidation sites excluding steroid dienone is 1. The molecule has 0 spiro atoms. The summed E-state index contributed by atoms with van der Waals surface area (Å²) in [6.45, 7) is -0.574. The predicted molar refractivity (Wildman–Crippen MR) is 153 cm³/mol. The molecule has 5 rings (SSSR count). The second-order valence-electron chi connectivity index (χ2n) is 9.18. The SMILES string of the molecule is COc1ccc(C(=O)NNC(=O)COC(=O)c2c3c(nc4ccccc24)C(=Cc2ccccc2Cl)CCC3)cc1. The van der Waals surface area contributed by atoms with Crippen molar-refractivity contribution in [3.63, 3.8) is 0 Å². The van der Waals surface area contributed by atoms with E-state index in [0.29, 0.717) is 39.2 Å². The van der Waals surface area contributed by atoms with Crippen LogP contribution in [0.25, 0.3) is 22.6 Å². The number of halogens is 1. The predicted octanol–water partition coefficient (Wildman–Crippen LogP) is 5.39. The third kappa shape index (κ3) is 5.82. The minimum absolute atomic E-state index is 0.327. The van der Waals surface area contributed by atoms with Gasteiger partial charge in [0, 0.05) is 16.0 Å². The number of esters is 1. The number of ether oxygens (including phenoxy) is 2. The minimum Gasteiger partial charge on any atom is -0.497 e. The van der Waals surface area contributed by atoms with Crippen LogP contribution in [-0.4, -0.2) is 36.5 Å². The molecule has 2 amide bonds. The van der Waals surface area contributed by atoms with Crippen LogP contribution in [0.5, 0.6) is 5.75 Å². The largest absolute Gasteiger partial charge is 0.497 e. The van der Waals surface area contributed by atoms with Crippen molar-refractivity contribution in [2.45, 2.75) is 19.3 Å². The number of hydrogen-bond acceptors (Lipinski definition) is 6. The lowest BCUT2D eigenvalue weighted by atomic mass is 9.86. The van der Waals surface area contributed by atoms with Crippen molar-refractivity contribution in [2.75, 3.05) is 13.7 Å². The highest BCUT2D eigenvalue weighted by Gasteiger charge is 2.26. The number of para-hydroxylation sites is 1. The van der Waals surface area contributed by atoms with E-state index in [1.165, 1.54) is 7.11 Å². The maximum absolute atomic E-state index is 13.4. The minimum atomic E-state index is -0.679. The highest BCUT2D eigenvalue weighted by atomic mass is 35.5. The van der Waals surface area contributed by atoms with Crippen molar-refractivity contribution in [2.24, 2.45) is 0 Å². The average Bonchev–Trinajstić information content (AvgIpc) is 2.98. The molecule has 0 atom stereocenters. The smallest absolute Gasteiger partial charge is 0.339 e. The van der Waals surface area contributed by atoms with Crippen molar-refractivity contribution in [1.29, 1.82) is 0 Å². The molecule has 0 saturated heterocycles. The summed E-state index contributed by atoms with van der Waals surface area (Å²) < 4.78 is 10.5. The van der Waals surface area contributed by atoms with Gasteiger partial charge in [0.05, 0.1) is 23.9 Å². The Morgan fingerprint density at radius 2 is 1.70 bits per heavy atom. The number of carbonyl (C=O) groups is 3. The Bertz CT molecular complexity index is 1630. The maximum Gasteiger partial charge on any atom is 0.339 e. The topological polar surface area (TPSA) is 107 Å². The van der Waals surface area contributed by atoms with Crippen LogP contribution in [0, 0.1) is 0 Å². The summed E-state index contributed by atoms with van der Waals surface area (Å²) in [6.07, 6.45) is 4.26. The number of rotatable bonds is 6. The van der Waals surface area contributed by atoms with Gasteiger partial charge in [-0.05, 0) is 78.4 Å². The molecule has 1 aromatic heterocycles. The molecule has 0 bridgehead atoms. The number of nitrogens with zero attached hydrogens (tertiary/aromatic N) is 1. The number of aromatic nitrogens is 1. The quantitative estimate of drug-likeness (QED) is 0.244.